The van der Waals surface area contributed by atoms with Crippen molar-refractivity contribution in [2.24, 2.45) is 0 Å². The number of carbonyl (C=O) groups is 3. The van der Waals surface area contributed by atoms with Gasteiger partial charge in [0.05, 0.1) is 34.4 Å². The minimum absolute atomic E-state index is 0.181. The standard InChI is InChI=1S/C78H129NO8/c1-6-8-10-12-14-16-18-20-22-24-26-28-30-32-34-36-38-40-42-44-46-48-50-52-54-56-58-60-62-64-66-68-75(80)85-72-74(73-86-78(77(82)83)84-71-70-79(3,4)5)87-76(81)69-67-65-63-61-59-57-55-53-51-49-47-45-43-41-39-37-35-33-31-29-27-25-23-21-19-17-15-13-11-9-7-2/h8-11,14-17,20-23,26-29,32-35,38-41,74,78H,6-7,12-13,18-19,24-25,30-31,36-37,42-73H2,1-5H3/p+1/b10-8-,11-9-,16-14-,17-15-,22-20-,23-21-,28-26-,29-27-,34-32-,35-33-,40-38-,41-39-. The topological polar surface area (TPSA) is 108 Å². The van der Waals surface area contributed by atoms with E-state index >= 15 is 0 Å². The van der Waals surface area contributed by atoms with Crippen molar-refractivity contribution >= 4 is 17.9 Å². The lowest BCUT2D eigenvalue weighted by Gasteiger charge is -2.25. The molecule has 0 heterocycles. The van der Waals surface area contributed by atoms with Gasteiger partial charge in [-0.25, -0.2) is 4.79 Å². The Bertz CT molecular complexity index is 1940. The Morgan fingerprint density at radius 2 is 0.621 bits per heavy atom. The molecule has 2 unspecified atom stereocenters. The van der Waals surface area contributed by atoms with E-state index in [1.807, 2.05) is 21.1 Å². The van der Waals surface area contributed by atoms with Crippen molar-refractivity contribution in [2.75, 3.05) is 47.5 Å². The van der Waals surface area contributed by atoms with Crippen molar-refractivity contribution < 1.29 is 42.9 Å². The SMILES string of the molecule is CC/C=C\C/C=C\C/C=C\C/C=C\C/C=C\C/C=C\CCCCCCCCCCCCCCC(=O)OCC(COC(OCC[N+](C)(C)C)C(=O)O)OC(=O)CCCCCCCCCCCCCC/C=C\C/C=C\C/C=C\C/C=C\C/C=C\C/C=C\CC. The third-order valence-corrected chi connectivity index (χ3v) is 14.6. The van der Waals surface area contributed by atoms with Crippen molar-refractivity contribution in [1.29, 1.82) is 0 Å². The average Bonchev–Trinajstić information content (AvgIpc) is 3.51. The van der Waals surface area contributed by atoms with Gasteiger partial charge in [0.15, 0.2) is 6.10 Å². The zero-order chi connectivity index (χ0) is 63.3. The van der Waals surface area contributed by atoms with Gasteiger partial charge in [-0.1, -0.05) is 288 Å². The van der Waals surface area contributed by atoms with Crippen molar-refractivity contribution in [3.05, 3.63) is 146 Å². The van der Waals surface area contributed by atoms with Crippen molar-refractivity contribution in [2.45, 2.75) is 283 Å². The van der Waals surface area contributed by atoms with Crippen LogP contribution in [0.5, 0.6) is 0 Å². The molecule has 9 nitrogen and oxygen atoms in total. The molecule has 0 fully saturated rings. The molecule has 0 aliphatic carbocycles. The van der Waals surface area contributed by atoms with Crippen LogP contribution in [-0.2, 0) is 33.3 Å². The highest BCUT2D eigenvalue weighted by Gasteiger charge is 2.25. The van der Waals surface area contributed by atoms with E-state index in [1.54, 1.807) is 0 Å². The molecule has 494 valence electrons. The van der Waals surface area contributed by atoms with Crippen molar-refractivity contribution in [1.82, 2.24) is 0 Å². The number of aliphatic carboxylic acids is 1. The first-order valence-corrected chi connectivity index (χ1v) is 35.0. The van der Waals surface area contributed by atoms with Gasteiger partial charge in [0.25, 0.3) is 6.29 Å². The summed E-state index contributed by atoms with van der Waals surface area (Å²) < 4.78 is 23.0. The fourth-order valence-corrected chi connectivity index (χ4v) is 9.32. The smallest absolute Gasteiger partial charge is 0.361 e. The van der Waals surface area contributed by atoms with E-state index in [4.69, 9.17) is 18.9 Å². The summed E-state index contributed by atoms with van der Waals surface area (Å²) in [6.45, 7) is 4.65. The quantitative estimate of drug-likeness (QED) is 0.0211. The van der Waals surface area contributed by atoms with E-state index in [0.29, 0.717) is 23.9 Å². The number of rotatable bonds is 63. The second-order valence-electron chi connectivity index (χ2n) is 24.1. The number of hydrogen-bond donors (Lipinski definition) is 1. The Balaban J connectivity index is 4.16. The van der Waals surface area contributed by atoms with E-state index in [2.05, 4.69) is 160 Å². The van der Waals surface area contributed by atoms with Crippen LogP contribution in [0.3, 0.4) is 0 Å². The van der Waals surface area contributed by atoms with Gasteiger partial charge in [-0.05, 0) is 116 Å². The molecule has 0 saturated heterocycles. The highest BCUT2D eigenvalue weighted by atomic mass is 16.7. The van der Waals surface area contributed by atoms with Crippen LogP contribution in [0.25, 0.3) is 0 Å². The summed E-state index contributed by atoms with van der Waals surface area (Å²) in [5.41, 5.74) is 0. The molecule has 0 aliphatic rings. The highest BCUT2D eigenvalue weighted by Crippen LogP contribution is 2.16. The Kier molecular flexibility index (Phi) is 63.4. The molecule has 2 atom stereocenters. The van der Waals surface area contributed by atoms with Gasteiger partial charge in [-0.15, -0.1) is 0 Å². The van der Waals surface area contributed by atoms with Crippen LogP contribution < -0.4 is 0 Å². The summed E-state index contributed by atoms with van der Waals surface area (Å²) in [6, 6.07) is 0. The monoisotopic (exact) mass is 1210 g/mol. The second-order valence-corrected chi connectivity index (χ2v) is 24.1. The molecule has 0 aromatic heterocycles. The number of ether oxygens (including phenoxy) is 4. The third-order valence-electron chi connectivity index (χ3n) is 14.6. The van der Waals surface area contributed by atoms with Crippen LogP contribution >= 0.6 is 0 Å². The lowest BCUT2D eigenvalue weighted by atomic mass is 10.0. The lowest BCUT2D eigenvalue weighted by molar-refractivity contribution is -0.870. The molecule has 0 rings (SSSR count). The maximum absolute atomic E-state index is 13.0. The number of unbranched alkanes of at least 4 members (excludes halogenated alkanes) is 24. The number of carbonyl (C=O) groups excluding carboxylic acids is 2. The minimum atomic E-state index is -1.52. The Labute approximate surface area is 534 Å². The summed E-state index contributed by atoms with van der Waals surface area (Å²) in [5.74, 6) is -2.02. The molecular formula is C78H130NO8+. The molecule has 0 amide bonds. The minimum Gasteiger partial charge on any atom is -0.477 e. The summed E-state index contributed by atoms with van der Waals surface area (Å²) in [6.07, 6.45) is 95.2. The number of quaternary nitrogens is 1. The van der Waals surface area contributed by atoms with E-state index in [-0.39, 0.29) is 32.2 Å². The number of carboxylic acids is 1. The highest BCUT2D eigenvalue weighted by molar-refractivity contribution is 5.71. The molecule has 0 radical (unpaired) electrons. The van der Waals surface area contributed by atoms with Crippen molar-refractivity contribution in [3.8, 4) is 0 Å². The zero-order valence-electron chi connectivity index (χ0n) is 56.4. The number of carboxylic acid groups (broad SMARTS) is 1. The number of esters is 2. The maximum Gasteiger partial charge on any atom is 0.361 e. The largest absolute Gasteiger partial charge is 0.477 e. The first-order valence-electron chi connectivity index (χ1n) is 35.0. The van der Waals surface area contributed by atoms with Crippen LogP contribution in [-0.4, -0.2) is 87.4 Å². The van der Waals surface area contributed by atoms with Crippen LogP contribution in [0.4, 0.5) is 0 Å². The van der Waals surface area contributed by atoms with E-state index < -0.39 is 24.3 Å². The van der Waals surface area contributed by atoms with Gasteiger partial charge in [-0.3, -0.25) is 9.59 Å². The lowest BCUT2D eigenvalue weighted by Crippen LogP contribution is -2.40. The first-order chi connectivity index (χ1) is 42.6. The molecule has 0 saturated carbocycles. The molecule has 87 heavy (non-hydrogen) atoms. The average molecular weight is 1210 g/mol. The molecular weight excluding hydrogens is 1080 g/mol. The molecule has 0 aromatic rings. The fraction of sp³-hybridized carbons (Fsp3) is 0.654. The van der Waals surface area contributed by atoms with Gasteiger partial charge < -0.3 is 28.5 Å². The predicted molar refractivity (Wildman–Crippen MR) is 373 cm³/mol. The molecule has 0 aliphatic heterocycles. The predicted octanol–water partition coefficient (Wildman–Crippen LogP) is 21.9. The van der Waals surface area contributed by atoms with E-state index in [0.717, 1.165) is 116 Å². The van der Waals surface area contributed by atoms with E-state index in [9.17, 15) is 19.5 Å². The molecule has 0 spiro atoms. The maximum atomic E-state index is 13.0. The molecule has 1 N–H and O–H groups in total. The van der Waals surface area contributed by atoms with Crippen molar-refractivity contribution in [3.63, 3.8) is 0 Å². The van der Waals surface area contributed by atoms with E-state index in [1.165, 1.54) is 122 Å². The summed E-state index contributed by atoms with van der Waals surface area (Å²) in [7, 11) is 5.97. The third kappa shape index (κ3) is 68.5. The normalized spacial score (nSPS) is 13.6. The first kappa shape index (κ1) is 82.2. The van der Waals surface area contributed by atoms with Crippen LogP contribution in [0.2, 0.25) is 0 Å². The van der Waals surface area contributed by atoms with Crippen LogP contribution in [0.1, 0.15) is 271 Å². The summed E-state index contributed by atoms with van der Waals surface area (Å²) in [4.78, 5) is 37.7. The molecule has 0 aromatic carbocycles. The van der Waals surface area contributed by atoms with Gasteiger partial charge in [-0.2, -0.15) is 0 Å². The number of hydrogen-bond acceptors (Lipinski definition) is 7. The summed E-state index contributed by atoms with van der Waals surface area (Å²) in [5, 5.41) is 9.75. The second kappa shape index (κ2) is 67.1. The summed E-state index contributed by atoms with van der Waals surface area (Å²) >= 11 is 0. The Morgan fingerprint density at radius 3 is 0.920 bits per heavy atom. The van der Waals surface area contributed by atoms with Gasteiger partial charge in [0.2, 0.25) is 0 Å². The fourth-order valence-electron chi connectivity index (χ4n) is 9.32. The number of nitrogens with zero attached hydrogens (tertiary/aromatic N) is 1. The van der Waals surface area contributed by atoms with Gasteiger partial charge >= 0.3 is 17.9 Å². The Morgan fingerprint density at radius 1 is 0.345 bits per heavy atom. The number of allylic oxidation sites excluding steroid dienone is 24. The molecule has 9 heteroatoms. The number of likely N-dealkylation sites (N-methyl/N-ethyl adjacent to an activating group) is 1. The Hall–Kier alpha value is -4.83. The van der Waals surface area contributed by atoms with Gasteiger partial charge in [0.1, 0.15) is 13.2 Å². The molecule has 0 bridgehead atoms. The van der Waals surface area contributed by atoms with Gasteiger partial charge in [0, 0.05) is 12.8 Å². The van der Waals surface area contributed by atoms with Crippen LogP contribution in [0, 0.1) is 0 Å². The zero-order valence-corrected chi connectivity index (χ0v) is 56.4. The van der Waals surface area contributed by atoms with Crippen LogP contribution in [0.15, 0.2) is 146 Å².